The van der Waals surface area contributed by atoms with Crippen molar-refractivity contribution in [1.29, 1.82) is 0 Å². The molecule has 82 heavy (non-hydrogen) atoms. The van der Waals surface area contributed by atoms with Crippen molar-refractivity contribution in [3.05, 3.63) is 224 Å². The zero-order valence-electron chi connectivity index (χ0n) is 46.9. The van der Waals surface area contributed by atoms with E-state index in [1.807, 2.05) is 128 Å². The third-order valence-corrected chi connectivity index (χ3v) is 13.9. The normalized spacial score (nSPS) is 11.5. The van der Waals surface area contributed by atoms with Gasteiger partial charge in [-0.15, -0.1) is 0 Å². The second-order valence-corrected chi connectivity index (χ2v) is 19.7. The van der Waals surface area contributed by atoms with E-state index in [9.17, 15) is 38.4 Å². The van der Waals surface area contributed by atoms with E-state index in [2.05, 4.69) is 45.5 Å². The molecule has 8 N–H and O–H groups in total. The molecule has 6 aromatic rings. The van der Waals surface area contributed by atoms with Gasteiger partial charge in [-0.2, -0.15) is 0 Å². The Morgan fingerprint density at radius 3 is 0.720 bits per heavy atom. The van der Waals surface area contributed by atoms with Crippen LogP contribution in [0.5, 0.6) is 0 Å². The highest BCUT2D eigenvalue weighted by molar-refractivity contribution is 6.05. The third-order valence-electron chi connectivity index (χ3n) is 13.9. The predicted molar refractivity (Wildman–Crippen MR) is 318 cm³/mol. The van der Waals surface area contributed by atoms with E-state index < -0.39 is 47.5 Å². The lowest BCUT2D eigenvalue weighted by Crippen LogP contribution is -2.14. The fourth-order valence-corrected chi connectivity index (χ4v) is 10.2. The lowest BCUT2D eigenvalue weighted by Gasteiger charge is -2.25. The Kier molecular flexibility index (Phi) is 20.7. The molecule has 4 amide bonds. The molecule has 0 aliphatic carbocycles. The molecule has 0 heterocycles. The molecule has 422 valence electrons. The standard InChI is InChI=1S/C66H66N4O12/c1-9-41-33-49(29-37(5)63(41)67-53(71)21-25-57(75)76)61(50-30-38(6)64(42(10-2)34-50)68-54(72)22-26-58(77)78)47-17-13-45(14-18-47)46-15-19-48(20-16-46)62(51-31-39(7)65(43(11-3)35-51)69-55(73)23-27-59(79)80)52-32-40(8)66(44(12-4)36-52)70-56(74)24-28-60(81)82/h13-36,61-62H,9-12H2,1-8H3,(H,67,71)(H,68,72)(H,69,73)(H,70,74)(H,75,76)(H,77,78)(H,79,80)(H,81,82)/b25-21+,26-22+,27-23+,28-24+. The number of aliphatic carboxylic acids is 4. The highest BCUT2D eigenvalue weighted by Crippen LogP contribution is 2.42. The lowest BCUT2D eigenvalue weighted by molar-refractivity contribution is -0.132. The van der Waals surface area contributed by atoms with E-state index in [0.717, 1.165) is 138 Å². The SMILES string of the molecule is CCc1cc(C(c2ccc(-c3ccc(C(c4cc(C)c(NC(=O)/C=C/C(=O)O)c(CC)c4)c4cc(C)c(NC(=O)/C=C/C(=O)O)c(CC)c4)cc3)cc2)c2cc(C)c(NC(=O)/C=C/C(=O)O)c(CC)c2)cc(C)c1NC(=O)/C=C/C(=O)O. The number of nitrogens with one attached hydrogen (secondary N) is 4. The summed E-state index contributed by atoms with van der Waals surface area (Å²) >= 11 is 0. The fourth-order valence-electron chi connectivity index (χ4n) is 10.2. The summed E-state index contributed by atoms with van der Waals surface area (Å²) in [4.78, 5) is 96.2. The minimum atomic E-state index is -1.25. The van der Waals surface area contributed by atoms with Crippen molar-refractivity contribution in [2.75, 3.05) is 21.3 Å². The summed E-state index contributed by atoms with van der Waals surface area (Å²) in [7, 11) is 0. The van der Waals surface area contributed by atoms with E-state index in [4.69, 9.17) is 20.4 Å². The topological polar surface area (TPSA) is 266 Å². The first kappa shape index (κ1) is 61.3. The predicted octanol–water partition coefficient (Wildman–Crippen LogP) is 11.5. The summed E-state index contributed by atoms with van der Waals surface area (Å²) in [6.07, 6.45) is 9.16. The van der Waals surface area contributed by atoms with Crippen molar-refractivity contribution in [2.24, 2.45) is 0 Å². The summed E-state index contributed by atoms with van der Waals surface area (Å²) < 4.78 is 0. The molecule has 0 bridgehead atoms. The molecule has 0 saturated heterocycles. The molecule has 6 rings (SSSR count). The number of hydrogen-bond acceptors (Lipinski definition) is 8. The Hall–Kier alpha value is -9.96. The van der Waals surface area contributed by atoms with Gasteiger partial charge in [-0.25, -0.2) is 19.2 Å². The quantitative estimate of drug-likeness (QED) is 0.0220. The Morgan fingerprint density at radius 1 is 0.329 bits per heavy atom. The van der Waals surface area contributed by atoms with Gasteiger partial charge >= 0.3 is 23.9 Å². The van der Waals surface area contributed by atoms with Crippen LogP contribution in [0.25, 0.3) is 11.1 Å². The van der Waals surface area contributed by atoms with Crippen molar-refractivity contribution < 1.29 is 58.8 Å². The van der Waals surface area contributed by atoms with Crippen LogP contribution >= 0.6 is 0 Å². The van der Waals surface area contributed by atoms with Crippen LogP contribution in [0.3, 0.4) is 0 Å². The summed E-state index contributed by atoms with van der Waals surface area (Å²) in [6, 6.07) is 32.6. The molecule has 6 aromatic carbocycles. The maximum absolute atomic E-state index is 12.9. The van der Waals surface area contributed by atoms with Crippen LogP contribution in [0.15, 0.2) is 146 Å². The Bertz CT molecular complexity index is 3180. The molecule has 0 fully saturated rings. The van der Waals surface area contributed by atoms with Crippen LogP contribution in [-0.2, 0) is 64.0 Å². The van der Waals surface area contributed by atoms with Gasteiger partial charge < -0.3 is 41.7 Å². The summed E-state index contributed by atoms with van der Waals surface area (Å²) in [5.74, 6) is -8.05. The van der Waals surface area contributed by atoms with Crippen molar-refractivity contribution in [1.82, 2.24) is 0 Å². The van der Waals surface area contributed by atoms with E-state index in [1.54, 1.807) is 0 Å². The molecule has 0 aliphatic rings. The molecular formula is C66H66N4O12. The number of rotatable bonds is 23. The van der Waals surface area contributed by atoms with Crippen molar-refractivity contribution in [2.45, 2.75) is 92.9 Å². The smallest absolute Gasteiger partial charge is 0.328 e. The van der Waals surface area contributed by atoms with E-state index in [-0.39, 0.29) is 11.8 Å². The van der Waals surface area contributed by atoms with Crippen LogP contribution in [-0.4, -0.2) is 67.9 Å². The third kappa shape index (κ3) is 15.7. The number of amides is 4. The number of carboxylic acids is 4. The van der Waals surface area contributed by atoms with Gasteiger partial charge in [0.1, 0.15) is 0 Å². The maximum Gasteiger partial charge on any atom is 0.328 e. The van der Waals surface area contributed by atoms with Gasteiger partial charge in [-0.3, -0.25) is 19.2 Å². The highest BCUT2D eigenvalue weighted by atomic mass is 16.4. The van der Waals surface area contributed by atoms with Gasteiger partial charge in [-0.1, -0.05) is 125 Å². The number of carbonyl (C=O) groups excluding carboxylic acids is 4. The second kappa shape index (κ2) is 27.8. The number of carbonyl (C=O) groups is 8. The number of benzene rings is 6. The fraction of sp³-hybridized carbons (Fsp3) is 0.212. The molecule has 0 atom stereocenters. The van der Waals surface area contributed by atoms with Gasteiger partial charge in [0.15, 0.2) is 0 Å². The Labute approximate surface area is 476 Å². The van der Waals surface area contributed by atoms with E-state index in [0.29, 0.717) is 48.4 Å². The number of anilines is 4. The van der Waals surface area contributed by atoms with Crippen LogP contribution in [0.2, 0.25) is 0 Å². The molecule has 16 nitrogen and oxygen atoms in total. The van der Waals surface area contributed by atoms with Gasteiger partial charge in [0.2, 0.25) is 23.6 Å². The average molecular weight is 1110 g/mol. The van der Waals surface area contributed by atoms with Gasteiger partial charge in [-0.05, 0) is 142 Å². The Morgan fingerprint density at radius 2 is 0.537 bits per heavy atom. The summed E-state index contributed by atoms with van der Waals surface area (Å²) in [6.45, 7) is 15.4. The Balaban J connectivity index is 1.46. The zero-order valence-corrected chi connectivity index (χ0v) is 46.9. The zero-order chi connectivity index (χ0) is 59.9. The monoisotopic (exact) mass is 1110 g/mol. The first-order chi connectivity index (χ1) is 39.0. The van der Waals surface area contributed by atoms with Gasteiger partial charge in [0.05, 0.1) is 0 Å². The van der Waals surface area contributed by atoms with E-state index >= 15 is 0 Å². The highest BCUT2D eigenvalue weighted by Gasteiger charge is 2.25. The number of aryl methyl sites for hydroxylation is 8. The molecule has 0 saturated carbocycles. The molecule has 16 heteroatoms. The largest absolute Gasteiger partial charge is 0.478 e. The number of carboxylic acid groups (broad SMARTS) is 4. The maximum atomic E-state index is 12.9. The summed E-state index contributed by atoms with van der Waals surface area (Å²) in [5, 5.41) is 48.0. The first-order valence-corrected chi connectivity index (χ1v) is 26.7. The van der Waals surface area contributed by atoms with Crippen LogP contribution in [0.1, 0.15) is 117 Å². The van der Waals surface area contributed by atoms with Crippen molar-refractivity contribution in [3.8, 4) is 11.1 Å². The van der Waals surface area contributed by atoms with Crippen molar-refractivity contribution >= 4 is 70.3 Å². The van der Waals surface area contributed by atoms with E-state index in [1.165, 1.54) is 0 Å². The minimum Gasteiger partial charge on any atom is -0.478 e. The molecule has 0 radical (unpaired) electrons. The lowest BCUT2D eigenvalue weighted by atomic mass is 9.80. The second-order valence-electron chi connectivity index (χ2n) is 19.7. The first-order valence-electron chi connectivity index (χ1n) is 26.7. The minimum absolute atomic E-state index is 0.367. The molecule has 0 spiro atoms. The number of hydrogen-bond donors (Lipinski definition) is 8. The van der Waals surface area contributed by atoms with Gasteiger partial charge in [0, 0.05) is 83.2 Å². The van der Waals surface area contributed by atoms with Crippen LogP contribution in [0, 0.1) is 27.7 Å². The molecule has 0 aromatic heterocycles. The van der Waals surface area contributed by atoms with Crippen LogP contribution in [0.4, 0.5) is 22.7 Å². The molecular weight excluding hydrogens is 1040 g/mol. The molecule has 0 aliphatic heterocycles. The van der Waals surface area contributed by atoms with Gasteiger partial charge in [0.25, 0.3) is 0 Å². The van der Waals surface area contributed by atoms with Crippen molar-refractivity contribution in [3.63, 3.8) is 0 Å². The molecule has 0 unspecified atom stereocenters. The summed E-state index contributed by atoms with van der Waals surface area (Å²) in [5.41, 5.74) is 16.0. The van der Waals surface area contributed by atoms with Crippen LogP contribution < -0.4 is 21.3 Å². The average Bonchev–Trinajstić information content (AvgIpc) is 3.44.